The molecular formula is C78H116N8O15. The number of nitrogens with two attached hydrogens (primary N) is 1. The smallest absolute Gasteiger partial charge is 0.412 e. The summed E-state index contributed by atoms with van der Waals surface area (Å²) in [5, 5.41) is 25.7. The average Bonchev–Trinajstić information content (AvgIpc) is 0.817. The van der Waals surface area contributed by atoms with E-state index in [-0.39, 0.29) is 99.3 Å². The average molecular weight is 1410 g/mol. The minimum Gasteiger partial charge on any atom is -0.508 e. The summed E-state index contributed by atoms with van der Waals surface area (Å²) in [4.78, 5) is 121. The van der Waals surface area contributed by atoms with E-state index in [0.29, 0.717) is 93.9 Å². The summed E-state index contributed by atoms with van der Waals surface area (Å²) in [5.41, 5.74) is 4.34. The third-order valence-corrected chi connectivity index (χ3v) is 17.6. The molecule has 4 aromatic carbocycles. The van der Waals surface area contributed by atoms with Crippen molar-refractivity contribution < 1.29 is 71.9 Å². The molecule has 101 heavy (non-hydrogen) atoms. The van der Waals surface area contributed by atoms with Crippen LogP contribution in [0.25, 0.3) is 0 Å². The van der Waals surface area contributed by atoms with E-state index in [0.717, 1.165) is 29.5 Å². The highest BCUT2D eigenvalue weighted by atomic mass is 16.6. The molecule has 23 nitrogen and oxygen atoms in total. The molecule has 4 rings (SSSR count). The Hall–Kier alpha value is -8.41. The van der Waals surface area contributed by atoms with Crippen LogP contribution in [0.2, 0.25) is 0 Å². The molecule has 23 heteroatoms. The van der Waals surface area contributed by atoms with Gasteiger partial charge in [-0.1, -0.05) is 103 Å². The molecule has 0 bridgehead atoms. The van der Waals surface area contributed by atoms with E-state index < -0.39 is 69.7 Å². The summed E-state index contributed by atoms with van der Waals surface area (Å²) in [7, 11) is 0. The molecule has 4 aromatic rings. The zero-order chi connectivity index (χ0) is 75.7. The number of hydrogen-bond acceptors (Lipinski definition) is 18. The molecule has 10 N–H and O–H groups in total. The largest absolute Gasteiger partial charge is 0.508 e. The molecule has 0 heterocycles. The monoisotopic (exact) mass is 1410 g/mol. The number of carbonyl (C=O) groups is 9. The van der Waals surface area contributed by atoms with Crippen molar-refractivity contribution in [1.82, 2.24) is 37.2 Å². The van der Waals surface area contributed by atoms with Gasteiger partial charge in [0.15, 0.2) is 5.78 Å². The molecule has 0 aromatic heterocycles. The number of phenolic OH excluding ortho intramolecular Hbond substituents is 1. The highest BCUT2D eigenvalue weighted by molar-refractivity contribution is 5.92. The van der Waals surface area contributed by atoms with E-state index in [1.54, 1.807) is 126 Å². The Morgan fingerprint density at radius 2 is 0.871 bits per heavy atom. The van der Waals surface area contributed by atoms with Crippen LogP contribution in [0.15, 0.2) is 97.1 Å². The van der Waals surface area contributed by atoms with Crippen LogP contribution >= 0.6 is 0 Å². The molecule has 0 spiro atoms. The number of aromatic hydroxyl groups is 1. The van der Waals surface area contributed by atoms with Gasteiger partial charge in [-0.25, -0.2) is 9.59 Å². The molecule has 558 valence electrons. The Morgan fingerprint density at radius 3 is 1.30 bits per heavy atom. The van der Waals surface area contributed by atoms with Gasteiger partial charge in [0.1, 0.15) is 42.3 Å². The summed E-state index contributed by atoms with van der Waals surface area (Å²) in [6, 6.07) is 25.5. The number of Topliss-reactive ketones (excluding diaryl/α,β-unsaturated/α-hetero) is 1. The molecule has 0 aliphatic rings. The number of hydrogen-bond donors (Lipinski definition) is 9. The second-order valence-corrected chi connectivity index (χ2v) is 30.0. The first-order valence-electron chi connectivity index (χ1n) is 36.0. The topological polar surface area (TPSA) is 330 Å². The van der Waals surface area contributed by atoms with Crippen LogP contribution in [-0.4, -0.2) is 136 Å². The van der Waals surface area contributed by atoms with E-state index in [1.807, 2.05) is 67.5 Å². The Morgan fingerprint density at radius 1 is 0.465 bits per heavy atom. The number of benzene rings is 4. The van der Waals surface area contributed by atoms with Crippen molar-refractivity contribution in [3.05, 3.63) is 119 Å². The predicted octanol–water partition coefficient (Wildman–Crippen LogP) is 10.6. The predicted molar refractivity (Wildman–Crippen MR) is 390 cm³/mol. The second-order valence-electron chi connectivity index (χ2n) is 30.0. The molecule has 2 unspecified atom stereocenters. The maximum atomic E-state index is 14.2. The van der Waals surface area contributed by atoms with E-state index in [4.69, 9.17) is 30.8 Å². The SMILES string of the molecule is [3H]Oc1ccc(C[C@H](NC(=O)C(C)(C)CC(C)(CC)C(=O)OCCNC(C)(C)C)C(=O)CCCc2ccc(OC(=O)NCCCCCCNC(=O)Oc3ccc(C[C@H](NC(=O)C(C)(C)CC(C)(CC)C(=O)OCCNC(C)(C)C)C(=O)NCCc4ccc(OC(=O)CCN)cc4)cc3)cc2)cc1. The molecule has 0 aliphatic heterocycles. The highest BCUT2D eigenvalue weighted by Gasteiger charge is 2.44. The van der Waals surface area contributed by atoms with E-state index in [2.05, 4.69) is 42.3 Å². The number of esters is 3. The van der Waals surface area contributed by atoms with Gasteiger partial charge in [-0.3, -0.25) is 33.6 Å². The van der Waals surface area contributed by atoms with Crippen molar-refractivity contribution in [3.8, 4) is 23.0 Å². The molecular weight excluding hydrogens is 1290 g/mol. The Balaban J connectivity index is 1.21. The fraction of sp³-hybridized carbons (Fsp3) is 0.577. The maximum absolute atomic E-state index is 14.2. The Labute approximate surface area is 600 Å². The second kappa shape index (κ2) is 40.9. The number of aryl methyl sites for hydroxylation is 1. The standard InChI is InChI=1S/C78H116N8O15/c1-15-77(13,69(93)97-48-46-83-73(3,4)5)52-75(9,10)67(91)85-62(50-56-24-32-58(87)33-25-56)64(88)23-21-22-54-26-36-60(37-27-54)100-71(95)81-43-19-17-18-20-44-82-72(96)101-61-38-30-57(31-39-61)51-63(66(90)80-45-41-55-28-34-59(35-29-55)99-65(89)40-42-79)86-68(92)76(11,12)53-78(14,16-2)70(94)98-49-47-84-74(6,7)8/h24-39,62-63,83-84,87H,15-23,40-53,79H2,1-14H3,(H,80,90)(H,81,95)(H,82,96)(H,85,91)(H,86,92)/t62-,63-,77?,78?/m0/s1/i/hT. The van der Waals surface area contributed by atoms with Gasteiger partial charge in [0, 0.05) is 74.0 Å². The molecule has 0 aliphatic carbocycles. The van der Waals surface area contributed by atoms with Gasteiger partial charge in [0.25, 0.3) is 1.43 Å². The van der Waals surface area contributed by atoms with Crippen molar-refractivity contribution in [1.29, 1.82) is 1.43 Å². The summed E-state index contributed by atoms with van der Waals surface area (Å²) < 4.78 is 34.9. The van der Waals surface area contributed by atoms with Gasteiger partial charge in [-0.15, -0.1) is 0 Å². The number of phenols is 1. The Bertz CT molecular complexity index is 3320. The van der Waals surface area contributed by atoms with Gasteiger partial charge in [-0.2, -0.15) is 0 Å². The molecule has 0 radical (unpaired) electrons. The zero-order valence-corrected chi connectivity index (χ0v) is 62.4. The lowest BCUT2D eigenvalue weighted by Gasteiger charge is -2.35. The van der Waals surface area contributed by atoms with E-state index in [9.17, 15) is 43.2 Å². The first kappa shape index (κ1) is 83.3. The summed E-state index contributed by atoms with van der Waals surface area (Å²) in [6.07, 6.45) is 4.88. The zero-order valence-electron chi connectivity index (χ0n) is 63.4. The van der Waals surface area contributed by atoms with Gasteiger partial charge in [0.05, 0.1) is 23.3 Å². The van der Waals surface area contributed by atoms with Gasteiger partial charge >= 0.3 is 30.1 Å². The summed E-state index contributed by atoms with van der Waals surface area (Å²) in [6.45, 7) is 29.0. The van der Waals surface area contributed by atoms with Crippen LogP contribution in [0.3, 0.4) is 0 Å². The number of rotatable bonds is 44. The first-order chi connectivity index (χ1) is 48.0. The van der Waals surface area contributed by atoms with Crippen molar-refractivity contribution >= 4 is 53.6 Å². The van der Waals surface area contributed by atoms with Crippen molar-refractivity contribution in [3.63, 3.8) is 0 Å². The Kier molecular flexibility index (Phi) is 33.7. The van der Waals surface area contributed by atoms with Crippen LogP contribution in [0, 0.1) is 21.7 Å². The van der Waals surface area contributed by atoms with Gasteiger partial charge in [-0.05, 0) is 190 Å². The number of amides is 5. The minimum atomic E-state index is -1.10. The summed E-state index contributed by atoms with van der Waals surface area (Å²) in [5.74, 6) is -1.26. The normalized spacial score (nSPS) is 13.7. The minimum absolute atomic E-state index is 0.0920. The van der Waals surface area contributed by atoms with E-state index in [1.165, 1.54) is 0 Å². The van der Waals surface area contributed by atoms with Crippen LogP contribution in [0.5, 0.6) is 23.0 Å². The number of ether oxygens (including phenoxy) is 5. The van der Waals surface area contributed by atoms with Crippen molar-refractivity contribution in [2.45, 2.75) is 216 Å². The third kappa shape index (κ3) is 32.0. The van der Waals surface area contributed by atoms with Gasteiger partial charge < -0.3 is 71.7 Å². The number of ketones is 1. The fourth-order valence-corrected chi connectivity index (χ4v) is 11.3. The molecule has 0 saturated heterocycles. The van der Waals surface area contributed by atoms with Crippen molar-refractivity contribution in [2.75, 3.05) is 52.5 Å². The lowest BCUT2D eigenvalue weighted by atomic mass is 9.71. The lowest BCUT2D eigenvalue weighted by molar-refractivity contribution is -0.159. The molecule has 0 fully saturated rings. The van der Waals surface area contributed by atoms with Crippen LogP contribution in [0.4, 0.5) is 9.59 Å². The number of carbonyl (C=O) groups excluding carboxylic acids is 9. The third-order valence-electron chi connectivity index (χ3n) is 17.6. The van der Waals surface area contributed by atoms with Crippen molar-refractivity contribution in [2.24, 2.45) is 27.4 Å². The highest BCUT2D eigenvalue weighted by Crippen LogP contribution is 2.40. The van der Waals surface area contributed by atoms with Gasteiger partial charge in [0.2, 0.25) is 17.7 Å². The molecule has 0 saturated carbocycles. The molecule has 4 atom stereocenters. The maximum Gasteiger partial charge on any atom is 0.412 e. The van der Waals surface area contributed by atoms with Crippen LogP contribution in [0.1, 0.15) is 190 Å². The van der Waals surface area contributed by atoms with Crippen LogP contribution < -0.4 is 57.2 Å². The summed E-state index contributed by atoms with van der Waals surface area (Å²) >= 11 is 0. The van der Waals surface area contributed by atoms with Crippen LogP contribution in [-0.2, 0) is 68.7 Å². The quantitative estimate of drug-likeness (QED) is 0.0113. The first-order valence-corrected chi connectivity index (χ1v) is 35.6. The fourth-order valence-electron chi connectivity index (χ4n) is 11.3. The molecule has 5 amide bonds. The van der Waals surface area contributed by atoms with E-state index >= 15 is 0 Å². The number of unbranched alkanes of at least 4 members (excludes halogenated alkanes) is 3. The number of nitrogens with one attached hydrogen (secondary N) is 7. The lowest BCUT2D eigenvalue weighted by Crippen LogP contribution is -2.52.